The van der Waals surface area contributed by atoms with E-state index in [2.05, 4.69) is 17.3 Å². The number of ether oxygens (including phenoxy) is 1. The third-order valence-electron chi connectivity index (χ3n) is 3.21. The lowest BCUT2D eigenvalue weighted by Gasteiger charge is -2.07. The van der Waals surface area contributed by atoms with Gasteiger partial charge in [0.1, 0.15) is 0 Å². The minimum absolute atomic E-state index is 0.263. The number of methoxy groups -OCH3 is 1. The van der Waals surface area contributed by atoms with Crippen molar-refractivity contribution in [2.45, 2.75) is 26.9 Å². The van der Waals surface area contributed by atoms with E-state index in [1.807, 2.05) is 13.1 Å². The van der Waals surface area contributed by atoms with E-state index in [-0.39, 0.29) is 11.6 Å². The van der Waals surface area contributed by atoms with Crippen LogP contribution in [0.1, 0.15) is 23.7 Å². The smallest absolute Gasteiger partial charge is 0.170 e. The topological polar surface area (TPSA) is 39.1 Å². The zero-order valence-electron chi connectivity index (χ0n) is 12.1. The van der Waals surface area contributed by atoms with E-state index in [4.69, 9.17) is 4.74 Å². The van der Waals surface area contributed by atoms with E-state index in [1.54, 1.807) is 22.9 Å². The van der Waals surface area contributed by atoms with Gasteiger partial charge in [0.25, 0.3) is 0 Å². The summed E-state index contributed by atoms with van der Waals surface area (Å²) in [7, 11) is 1.47. The van der Waals surface area contributed by atoms with Gasteiger partial charge in [-0.1, -0.05) is 19.1 Å². The minimum atomic E-state index is -0.323. The highest BCUT2D eigenvalue weighted by Crippen LogP contribution is 2.20. The van der Waals surface area contributed by atoms with E-state index in [1.165, 1.54) is 7.11 Å². The van der Waals surface area contributed by atoms with Gasteiger partial charge in [-0.3, -0.25) is 4.68 Å². The van der Waals surface area contributed by atoms with Crippen LogP contribution in [0.3, 0.4) is 0 Å². The number of aromatic nitrogens is 2. The molecular formula is C15H20FN3O. The molecule has 2 rings (SSSR count). The number of aryl methyl sites for hydroxylation is 1. The molecule has 0 amide bonds. The molecule has 108 valence electrons. The third-order valence-corrected chi connectivity index (χ3v) is 3.21. The second-order valence-corrected chi connectivity index (χ2v) is 4.65. The number of hydrogen-bond donors (Lipinski definition) is 1. The van der Waals surface area contributed by atoms with Crippen molar-refractivity contribution in [3.05, 3.63) is 47.0 Å². The van der Waals surface area contributed by atoms with Crippen molar-refractivity contribution in [3.63, 3.8) is 0 Å². The maximum Gasteiger partial charge on any atom is 0.170 e. The molecule has 1 aromatic heterocycles. The first-order valence-corrected chi connectivity index (χ1v) is 6.70. The van der Waals surface area contributed by atoms with Crippen molar-refractivity contribution in [3.8, 4) is 5.75 Å². The number of benzene rings is 1. The molecule has 0 aliphatic heterocycles. The molecule has 0 fully saturated rings. The van der Waals surface area contributed by atoms with Crippen molar-refractivity contribution in [1.82, 2.24) is 15.1 Å². The van der Waals surface area contributed by atoms with E-state index in [0.717, 1.165) is 24.3 Å². The second-order valence-electron chi connectivity index (χ2n) is 4.65. The monoisotopic (exact) mass is 277 g/mol. The van der Waals surface area contributed by atoms with Crippen LogP contribution in [-0.2, 0) is 13.1 Å². The van der Waals surface area contributed by atoms with Gasteiger partial charge in [-0.15, -0.1) is 0 Å². The highest BCUT2D eigenvalue weighted by atomic mass is 19.1. The molecule has 1 aromatic carbocycles. The number of nitrogens with one attached hydrogen (secondary N) is 1. The second kappa shape index (κ2) is 6.52. The fourth-order valence-electron chi connectivity index (χ4n) is 2.08. The SMILES string of the molecule is CCNCc1cn(Cc2cccc(OC)c2F)nc1C. The maximum atomic E-state index is 14.1. The normalized spacial score (nSPS) is 10.8. The van der Waals surface area contributed by atoms with Gasteiger partial charge in [0.15, 0.2) is 11.6 Å². The zero-order chi connectivity index (χ0) is 14.5. The molecule has 0 unspecified atom stereocenters. The number of halogens is 1. The summed E-state index contributed by atoms with van der Waals surface area (Å²) in [5, 5.41) is 7.69. The Bertz CT molecular complexity index is 580. The third kappa shape index (κ3) is 3.17. The highest BCUT2D eigenvalue weighted by molar-refractivity contribution is 5.31. The van der Waals surface area contributed by atoms with Crippen molar-refractivity contribution in [2.75, 3.05) is 13.7 Å². The van der Waals surface area contributed by atoms with Crippen LogP contribution in [0.25, 0.3) is 0 Å². The van der Waals surface area contributed by atoms with Gasteiger partial charge in [-0.2, -0.15) is 5.10 Å². The largest absolute Gasteiger partial charge is 0.494 e. The lowest BCUT2D eigenvalue weighted by molar-refractivity contribution is 0.383. The minimum Gasteiger partial charge on any atom is -0.494 e. The van der Waals surface area contributed by atoms with Crippen LogP contribution in [0.5, 0.6) is 5.75 Å². The molecule has 0 spiro atoms. The van der Waals surface area contributed by atoms with Gasteiger partial charge < -0.3 is 10.1 Å². The Labute approximate surface area is 118 Å². The average Bonchev–Trinajstić information content (AvgIpc) is 2.79. The van der Waals surface area contributed by atoms with Crippen molar-refractivity contribution < 1.29 is 9.13 Å². The summed E-state index contributed by atoms with van der Waals surface area (Å²) in [6.45, 7) is 6.12. The molecule has 0 aliphatic carbocycles. The summed E-state index contributed by atoms with van der Waals surface area (Å²) in [6.07, 6.45) is 1.96. The summed E-state index contributed by atoms with van der Waals surface area (Å²) in [5.41, 5.74) is 2.67. The molecule has 0 bridgehead atoms. The average molecular weight is 277 g/mol. The van der Waals surface area contributed by atoms with Crippen LogP contribution in [0.4, 0.5) is 4.39 Å². The molecule has 0 atom stereocenters. The van der Waals surface area contributed by atoms with Gasteiger partial charge in [0.2, 0.25) is 0 Å². The van der Waals surface area contributed by atoms with Crippen LogP contribution in [0, 0.1) is 12.7 Å². The molecule has 0 saturated carbocycles. The fourth-order valence-corrected chi connectivity index (χ4v) is 2.08. The van der Waals surface area contributed by atoms with Crippen molar-refractivity contribution in [1.29, 1.82) is 0 Å². The Morgan fingerprint density at radius 3 is 2.85 bits per heavy atom. The molecule has 0 aliphatic rings. The highest BCUT2D eigenvalue weighted by Gasteiger charge is 2.10. The molecule has 2 aromatic rings. The molecule has 0 radical (unpaired) electrons. The molecule has 4 nitrogen and oxygen atoms in total. The predicted molar refractivity (Wildman–Crippen MR) is 76.4 cm³/mol. The number of rotatable bonds is 6. The Kier molecular flexibility index (Phi) is 4.74. The van der Waals surface area contributed by atoms with Crippen molar-refractivity contribution in [2.24, 2.45) is 0 Å². The molecular weight excluding hydrogens is 257 g/mol. The Hall–Kier alpha value is -1.88. The van der Waals surface area contributed by atoms with Crippen LogP contribution < -0.4 is 10.1 Å². The summed E-state index contributed by atoms with van der Waals surface area (Å²) in [6, 6.07) is 5.15. The van der Waals surface area contributed by atoms with Gasteiger partial charge in [-0.25, -0.2) is 4.39 Å². The van der Waals surface area contributed by atoms with Gasteiger partial charge in [-0.05, 0) is 19.5 Å². The number of nitrogens with zero attached hydrogens (tertiary/aromatic N) is 2. The predicted octanol–water partition coefficient (Wildman–Crippen LogP) is 2.50. The van der Waals surface area contributed by atoms with Crippen LogP contribution >= 0.6 is 0 Å². The fraction of sp³-hybridized carbons (Fsp3) is 0.400. The standard InChI is InChI=1S/C15H20FN3O/c1-4-17-8-13-10-19(18-11(13)2)9-12-6-5-7-14(20-3)15(12)16/h5-7,10,17H,4,8-9H2,1-3H3. The van der Waals surface area contributed by atoms with E-state index >= 15 is 0 Å². The lowest BCUT2D eigenvalue weighted by Crippen LogP contribution is -2.11. The summed E-state index contributed by atoms with van der Waals surface area (Å²) < 4.78 is 20.8. The Morgan fingerprint density at radius 1 is 1.35 bits per heavy atom. The quantitative estimate of drug-likeness (QED) is 0.881. The number of hydrogen-bond acceptors (Lipinski definition) is 3. The van der Waals surface area contributed by atoms with E-state index in [9.17, 15) is 4.39 Å². The first-order chi connectivity index (χ1) is 9.65. The summed E-state index contributed by atoms with van der Waals surface area (Å²) in [4.78, 5) is 0. The van der Waals surface area contributed by atoms with Crippen LogP contribution in [-0.4, -0.2) is 23.4 Å². The Balaban J connectivity index is 2.18. The van der Waals surface area contributed by atoms with E-state index in [0.29, 0.717) is 12.1 Å². The van der Waals surface area contributed by atoms with Gasteiger partial charge >= 0.3 is 0 Å². The molecule has 20 heavy (non-hydrogen) atoms. The van der Waals surface area contributed by atoms with E-state index < -0.39 is 0 Å². The Morgan fingerprint density at radius 2 is 2.15 bits per heavy atom. The first kappa shape index (κ1) is 14.5. The molecule has 1 heterocycles. The summed E-state index contributed by atoms with van der Waals surface area (Å²) >= 11 is 0. The first-order valence-electron chi connectivity index (χ1n) is 6.70. The van der Waals surface area contributed by atoms with Crippen molar-refractivity contribution >= 4 is 0 Å². The van der Waals surface area contributed by atoms with Gasteiger partial charge in [0, 0.05) is 23.9 Å². The molecule has 5 heteroatoms. The molecule has 0 saturated heterocycles. The molecule has 1 N–H and O–H groups in total. The van der Waals surface area contributed by atoms with Crippen LogP contribution in [0.15, 0.2) is 24.4 Å². The lowest BCUT2D eigenvalue weighted by atomic mass is 10.2. The van der Waals surface area contributed by atoms with Gasteiger partial charge in [0.05, 0.1) is 19.3 Å². The maximum absolute atomic E-state index is 14.1. The van der Waals surface area contributed by atoms with Crippen LogP contribution in [0.2, 0.25) is 0 Å². The summed E-state index contributed by atoms with van der Waals surface area (Å²) in [5.74, 6) is -0.0596. The zero-order valence-corrected chi connectivity index (χ0v) is 12.1.